The van der Waals surface area contributed by atoms with Gasteiger partial charge in [-0.2, -0.15) is 0 Å². The summed E-state index contributed by atoms with van der Waals surface area (Å²) in [6.07, 6.45) is -0.110. The summed E-state index contributed by atoms with van der Waals surface area (Å²) in [5, 5.41) is 0.750. The van der Waals surface area contributed by atoms with Crippen molar-refractivity contribution >= 4 is 41.2 Å². The summed E-state index contributed by atoms with van der Waals surface area (Å²) in [4.78, 5) is 43.8. The van der Waals surface area contributed by atoms with Crippen LogP contribution >= 0.6 is 12.4 Å². The largest absolute Gasteiger partial charge is 0.466 e. The Balaban J connectivity index is 0.00000300. The molecule has 1 aromatic heterocycles. The molecule has 7 nitrogen and oxygen atoms in total. The van der Waals surface area contributed by atoms with E-state index in [0.29, 0.717) is 35.3 Å². The van der Waals surface area contributed by atoms with Crippen LogP contribution in [0, 0.1) is 0 Å². The van der Waals surface area contributed by atoms with E-state index >= 15 is 0 Å². The number of benzene rings is 1. The Kier molecular flexibility index (Phi) is 7.56. The van der Waals surface area contributed by atoms with Crippen molar-refractivity contribution in [2.45, 2.75) is 33.1 Å². The predicted molar refractivity (Wildman–Crippen MR) is 111 cm³/mol. The summed E-state index contributed by atoms with van der Waals surface area (Å²) in [6.45, 7) is 5.94. The van der Waals surface area contributed by atoms with E-state index in [-0.39, 0.29) is 43.9 Å². The molecule has 8 heteroatoms. The summed E-state index contributed by atoms with van der Waals surface area (Å²) in [6, 6.07) is 7.43. The van der Waals surface area contributed by atoms with Crippen molar-refractivity contribution in [2.24, 2.45) is 0 Å². The number of carbonyl (C=O) groups excluding carboxylic acids is 3. The van der Waals surface area contributed by atoms with Crippen LogP contribution in [0.2, 0.25) is 0 Å². The average molecular weight is 421 g/mol. The fourth-order valence-corrected chi connectivity index (χ4v) is 3.56. The average Bonchev–Trinajstić information content (AvgIpc) is 2.85. The number of nitrogens with zero attached hydrogens (tertiary/aromatic N) is 2. The van der Waals surface area contributed by atoms with Crippen LogP contribution in [0.3, 0.4) is 0 Å². The van der Waals surface area contributed by atoms with E-state index < -0.39 is 12.0 Å². The molecule has 0 saturated heterocycles. The number of amides is 1. The fraction of sp³-hybridized carbons (Fsp3) is 0.429. The molecular weight excluding hydrogens is 396 g/mol. The lowest BCUT2D eigenvalue weighted by atomic mass is 9.88. The molecule has 0 saturated carbocycles. The van der Waals surface area contributed by atoms with Crippen molar-refractivity contribution in [3.63, 3.8) is 0 Å². The molecule has 1 aromatic carbocycles. The first kappa shape index (κ1) is 22.6. The van der Waals surface area contributed by atoms with Crippen molar-refractivity contribution in [3.8, 4) is 0 Å². The van der Waals surface area contributed by atoms with Gasteiger partial charge in [0.1, 0.15) is 0 Å². The smallest absolute Gasteiger partial charge is 0.410 e. The van der Waals surface area contributed by atoms with Gasteiger partial charge in [0.2, 0.25) is 0 Å². The second-order valence-electron chi connectivity index (χ2n) is 6.63. The van der Waals surface area contributed by atoms with Gasteiger partial charge in [-0.3, -0.25) is 14.6 Å². The Morgan fingerprint density at radius 3 is 2.55 bits per heavy atom. The van der Waals surface area contributed by atoms with Gasteiger partial charge in [0.05, 0.1) is 36.9 Å². The lowest BCUT2D eigenvalue weighted by Crippen LogP contribution is -2.36. The van der Waals surface area contributed by atoms with Crippen molar-refractivity contribution in [1.29, 1.82) is 0 Å². The monoisotopic (exact) mass is 420 g/mol. The van der Waals surface area contributed by atoms with Crippen LogP contribution in [0.4, 0.5) is 4.79 Å². The number of Topliss-reactive ketones (excluding diaryl/α,β-unsaturated/α-hetero) is 1. The molecule has 1 aliphatic rings. The molecule has 0 spiro atoms. The van der Waals surface area contributed by atoms with E-state index in [1.807, 2.05) is 24.3 Å². The molecule has 0 N–H and O–H groups in total. The van der Waals surface area contributed by atoms with Gasteiger partial charge < -0.3 is 14.4 Å². The number of aromatic nitrogens is 1. The fourth-order valence-electron chi connectivity index (χ4n) is 3.56. The molecule has 0 bridgehead atoms. The maximum absolute atomic E-state index is 13.1. The number of para-hydroxylation sites is 1. The highest BCUT2D eigenvalue weighted by atomic mass is 35.5. The van der Waals surface area contributed by atoms with Gasteiger partial charge in [0, 0.05) is 23.9 Å². The van der Waals surface area contributed by atoms with Gasteiger partial charge in [0.15, 0.2) is 5.78 Å². The summed E-state index contributed by atoms with van der Waals surface area (Å²) >= 11 is 0. The SMILES string of the molecule is CCOC(=O)C(C)c1c2c(nc3ccccc13)CCN(C(=O)OCC)CC2=O.Cl. The van der Waals surface area contributed by atoms with Crippen LogP contribution in [0.25, 0.3) is 10.9 Å². The first-order valence-corrected chi connectivity index (χ1v) is 9.50. The van der Waals surface area contributed by atoms with E-state index in [1.54, 1.807) is 20.8 Å². The summed E-state index contributed by atoms with van der Waals surface area (Å²) in [7, 11) is 0. The molecule has 1 aliphatic heterocycles. The second-order valence-corrected chi connectivity index (χ2v) is 6.63. The number of hydrogen-bond donors (Lipinski definition) is 0. The Labute approximate surface area is 175 Å². The van der Waals surface area contributed by atoms with Crippen molar-refractivity contribution in [3.05, 3.63) is 41.1 Å². The molecule has 29 heavy (non-hydrogen) atoms. The van der Waals surface area contributed by atoms with E-state index in [4.69, 9.17) is 9.47 Å². The van der Waals surface area contributed by atoms with E-state index in [2.05, 4.69) is 4.98 Å². The Morgan fingerprint density at radius 2 is 1.86 bits per heavy atom. The molecule has 0 radical (unpaired) electrons. The van der Waals surface area contributed by atoms with Gasteiger partial charge >= 0.3 is 12.1 Å². The normalized spacial score (nSPS) is 14.4. The Morgan fingerprint density at radius 1 is 1.17 bits per heavy atom. The lowest BCUT2D eigenvalue weighted by molar-refractivity contribution is -0.144. The van der Waals surface area contributed by atoms with E-state index in [9.17, 15) is 14.4 Å². The molecule has 156 valence electrons. The lowest BCUT2D eigenvalue weighted by Gasteiger charge is -2.19. The van der Waals surface area contributed by atoms with Gasteiger partial charge in [0.25, 0.3) is 0 Å². The molecular formula is C21H25ClN2O5. The number of halogens is 1. The first-order chi connectivity index (χ1) is 13.5. The Bertz CT molecular complexity index is 931. The number of carbonyl (C=O) groups is 3. The molecule has 0 aliphatic carbocycles. The number of rotatable bonds is 4. The standard InChI is InChI=1S/C21H24N2O5.ClH/c1-4-27-20(25)13(3)18-14-8-6-7-9-15(14)22-16-10-11-23(21(26)28-5-2)12-17(24)19(16)18;/h6-9,13H,4-5,10-12H2,1-3H3;1H. The van der Waals surface area contributed by atoms with Crippen LogP contribution in [0.1, 0.15) is 48.3 Å². The van der Waals surface area contributed by atoms with Crippen LogP contribution in [0.5, 0.6) is 0 Å². The van der Waals surface area contributed by atoms with Crippen LogP contribution < -0.4 is 0 Å². The number of hydrogen-bond acceptors (Lipinski definition) is 6. The molecule has 3 rings (SSSR count). The molecule has 1 amide bonds. The highest BCUT2D eigenvalue weighted by molar-refractivity contribution is 6.07. The zero-order valence-corrected chi connectivity index (χ0v) is 17.6. The molecule has 1 atom stereocenters. The van der Waals surface area contributed by atoms with E-state index in [0.717, 1.165) is 5.39 Å². The maximum Gasteiger partial charge on any atom is 0.410 e. The molecule has 2 aromatic rings. The highest BCUT2D eigenvalue weighted by Crippen LogP contribution is 2.33. The number of fused-ring (bicyclic) bond motifs is 2. The minimum atomic E-state index is -0.625. The minimum absolute atomic E-state index is 0. The predicted octanol–water partition coefficient (Wildman–Crippen LogP) is 3.52. The second kappa shape index (κ2) is 9.69. The molecule has 0 fully saturated rings. The third kappa shape index (κ3) is 4.50. The molecule has 2 heterocycles. The summed E-state index contributed by atoms with van der Waals surface area (Å²) in [5.74, 6) is -1.26. The van der Waals surface area contributed by atoms with Crippen molar-refractivity contribution in [2.75, 3.05) is 26.3 Å². The Hall–Kier alpha value is -2.67. The van der Waals surface area contributed by atoms with Gasteiger partial charge in [-0.15, -0.1) is 12.4 Å². The van der Waals surface area contributed by atoms with Crippen LogP contribution in [-0.2, 0) is 20.7 Å². The van der Waals surface area contributed by atoms with Crippen molar-refractivity contribution < 1.29 is 23.9 Å². The third-order valence-electron chi connectivity index (χ3n) is 4.84. The minimum Gasteiger partial charge on any atom is -0.466 e. The maximum atomic E-state index is 13.1. The summed E-state index contributed by atoms with van der Waals surface area (Å²) in [5.41, 5.74) is 2.35. The van der Waals surface area contributed by atoms with Crippen LogP contribution in [0.15, 0.2) is 24.3 Å². The van der Waals surface area contributed by atoms with Crippen molar-refractivity contribution in [1.82, 2.24) is 9.88 Å². The van der Waals surface area contributed by atoms with Gasteiger partial charge in [-0.25, -0.2) is 4.79 Å². The zero-order valence-electron chi connectivity index (χ0n) is 16.8. The highest BCUT2D eigenvalue weighted by Gasteiger charge is 2.32. The zero-order chi connectivity index (χ0) is 20.3. The van der Waals surface area contributed by atoms with E-state index in [1.165, 1.54) is 4.90 Å². The first-order valence-electron chi connectivity index (χ1n) is 9.50. The number of esters is 1. The number of pyridine rings is 1. The quantitative estimate of drug-likeness (QED) is 0.703. The number of ketones is 1. The molecule has 1 unspecified atom stereocenters. The topological polar surface area (TPSA) is 85.8 Å². The van der Waals surface area contributed by atoms with Gasteiger partial charge in [-0.1, -0.05) is 18.2 Å². The summed E-state index contributed by atoms with van der Waals surface area (Å²) < 4.78 is 10.3. The van der Waals surface area contributed by atoms with Crippen LogP contribution in [-0.4, -0.2) is 54.0 Å². The third-order valence-corrected chi connectivity index (χ3v) is 4.84. The van der Waals surface area contributed by atoms with Gasteiger partial charge in [-0.05, 0) is 32.4 Å². The number of ether oxygens (including phenoxy) is 2.